The Hall–Kier alpha value is -0.580. The van der Waals surface area contributed by atoms with E-state index >= 15 is 0 Å². The number of ether oxygens (including phenoxy) is 1. The quantitative estimate of drug-likeness (QED) is 0.895. The highest BCUT2D eigenvalue weighted by Crippen LogP contribution is 2.34. The standard InChI is InChI=1S/C13H19BrN2O/c1-15-13(9-5-6-16-8-9)11-7-10(14)3-4-12(11)17-2/h3-4,7,9,13,15-16H,5-6,8H2,1-2H3. The summed E-state index contributed by atoms with van der Waals surface area (Å²) in [5.41, 5.74) is 1.23. The summed E-state index contributed by atoms with van der Waals surface area (Å²) in [6.45, 7) is 2.18. The largest absolute Gasteiger partial charge is 0.496 e. The molecule has 0 spiro atoms. The van der Waals surface area contributed by atoms with Crippen LogP contribution in [0.2, 0.25) is 0 Å². The predicted octanol–water partition coefficient (Wildman–Crippen LogP) is 2.33. The van der Waals surface area contributed by atoms with E-state index in [0.29, 0.717) is 12.0 Å². The van der Waals surface area contributed by atoms with Crippen LogP contribution in [0.1, 0.15) is 18.0 Å². The molecule has 0 aromatic heterocycles. The Balaban J connectivity index is 2.31. The maximum Gasteiger partial charge on any atom is 0.123 e. The molecule has 94 valence electrons. The van der Waals surface area contributed by atoms with Crippen LogP contribution in [-0.4, -0.2) is 27.2 Å². The third kappa shape index (κ3) is 2.81. The fourth-order valence-corrected chi connectivity index (χ4v) is 2.93. The molecule has 2 N–H and O–H groups in total. The second-order valence-electron chi connectivity index (χ2n) is 4.41. The lowest BCUT2D eigenvalue weighted by Crippen LogP contribution is -2.27. The molecule has 0 amide bonds. The van der Waals surface area contributed by atoms with Crippen molar-refractivity contribution in [2.45, 2.75) is 12.5 Å². The molecular formula is C13H19BrN2O. The Kier molecular flexibility index (Phi) is 4.42. The first-order valence-corrected chi connectivity index (χ1v) is 6.77. The van der Waals surface area contributed by atoms with Gasteiger partial charge in [0.1, 0.15) is 5.75 Å². The van der Waals surface area contributed by atoms with E-state index in [2.05, 4.69) is 32.6 Å². The van der Waals surface area contributed by atoms with Gasteiger partial charge in [-0.25, -0.2) is 0 Å². The van der Waals surface area contributed by atoms with Gasteiger partial charge in [-0.05, 0) is 50.7 Å². The van der Waals surface area contributed by atoms with Crippen LogP contribution in [0, 0.1) is 5.92 Å². The Bertz CT molecular complexity index is 378. The van der Waals surface area contributed by atoms with Crippen molar-refractivity contribution in [1.29, 1.82) is 0 Å². The van der Waals surface area contributed by atoms with Gasteiger partial charge in [-0.1, -0.05) is 15.9 Å². The summed E-state index contributed by atoms with van der Waals surface area (Å²) in [6, 6.07) is 6.53. The van der Waals surface area contributed by atoms with Crippen molar-refractivity contribution in [2.75, 3.05) is 27.2 Å². The summed E-state index contributed by atoms with van der Waals surface area (Å²) in [7, 11) is 3.75. The predicted molar refractivity (Wildman–Crippen MR) is 73.5 cm³/mol. The van der Waals surface area contributed by atoms with Crippen molar-refractivity contribution in [1.82, 2.24) is 10.6 Å². The summed E-state index contributed by atoms with van der Waals surface area (Å²) in [5.74, 6) is 1.59. The maximum absolute atomic E-state index is 5.46. The van der Waals surface area contributed by atoms with Gasteiger partial charge in [-0.3, -0.25) is 0 Å². The smallest absolute Gasteiger partial charge is 0.123 e. The van der Waals surface area contributed by atoms with Crippen molar-refractivity contribution < 1.29 is 4.74 Å². The number of methoxy groups -OCH3 is 1. The molecule has 17 heavy (non-hydrogen) atoms. The van der Waals surface area contributed by atoms with E-state index in [9.17, 15) is 0 Å². The van der Waals surface area contributed by atoms with E-state index in [1.165, 1.54) is 12.0 Å². The van der Waals surface area contributed by atoms with E-state index in [0.717, 1.165) is 23.3 Å². The monoisotopic (exact) mass is 298 g/mol. The molecule has 2 unspecified atom stereocenters. The highest BCUT2D eigenvalue weighted by atomic mass is 79.9. The molecule has 1 saturated heterocycles. The van der Waals surface area contributed by atoms with Crippen LogP contribution in [-0.2, 0) is 0 Å². The van der Waals surface area contributed by atoms with Crippen LogP contribution < -0.4 is 15.4 Å². The minimum Gasteiger partial charge on any atom is -0.496 e. The molecule has 2 atom stereocenters. The van der Waals surface area contributed by atoms with E-state index in [1.54, 1.807) is 7.11 Å². The Labute approximate surface area is 111 Å². The number of benzene rings is 1. The number of hydrogen-bond donors (Lipinski definition) is 2. The van der Waals surface area contributed by atoms with Crippen LogP contribution in [0.15, 0.2) is 22.7 Å². The molecule has 0 radical (unpaired) electrons. The summed E-state index contributed by atoms with van der Waals surface area (Å²) in [5, 5.41) is 6.84. The van der Waals surface area contributed by atoms with Crippen molar-refractivity contribution in [3.63, 3.8) is 0 Å². The van der Waals surface area contributed by atoms with Crippen LogP contribution in [0.3, 0.4) is 0 Å². The van der Waals surface area contributed by atoms with E-state index in [4.69, 9.17) is 4.74 Å². The van der Waals surface area contributed by atoms with Gasteiger partial charge < -0.3 is 15.4 Å². The molecule has 1 aromatic rings. The van der Waals surface area contributed by atoms with Gasteiger partial charge in [0.15, 0.2) is 0 Å². The first kappa shape index (κ1) is 12.9. The maximum atomic E-state index is 5.46. The Morgan fingerprint density at radius 3 is 2.94 bits per heavy atom. The van der Waals surface area contributed by atoms with Gasteiger partial charge >= 0.3 is 0 Å². The third-order valence-electron chi connectivity index (χ3n) is 3.41. The summed E-state index contributed by atoms with van der Waals surface area (Å²) in [4.78, 5) is 0. The lowest BCUT2D eigenvalue weighted by molar-refractivity contribution is 0.369. The Morgan fingerprint density at radius 2 is 2.35 bits per heavy atom. The van der Waals surface area contributed by atoms with Gasteiger partial charge in [0.05, 0.1) is 7.11 Å². The number of nitrogens with one attached hydrogen (secondary N) is 2. The molecule has 1 aliphatic rings. The molecule has 0 aliphatic carbocycles. The van der Waals surface area contributed by atoms with Crippen molar-refractivity contribution in [3.8, 4) is 5.75 Å². The zero-order valence-corrected chi connectivity index (χ0v) is 11.9. The normalized spacial score (nSPS) is 21.5. The summed E-state index contributed by atoms with van der Waals surface area (Å²) >= 11 is 3.53. The average molecular weight is 299 g/mol. The molecule has 0 saturated carbocycles. The van der Waals surface area contributed by atoms with Gasteiger partial charge in [-0.15, -0.1) is 0 Å². The fraction of sp³-hybridized carbons (Fsp3) is 0.538. The molecule has 1 aromatic carbocycles. The van der Waals surface area contributed by atoms with Crippen LogP contribution in [0.5, 0.6) is 5.75 Å². The third-order valence-corrected chi connectivity index (χ3v) is 3.90. The topological polar surface area (TPSA) is 33.3 Å². The molecule has 4 heteroatoms. The van der Waals surface area contributed by atoms with Crippen molar-refractivity contribution >= 4 is 15.9 Å². The molecule has 1 fully saturated rings. The SMILES string of the molecule is CNC(c1cc(Br)ccc1OC)C1CCNC1. The summed E-state index contributed by atoms with van der Waals surface area (Å²) < 4.78 is 6.56. The molecule has 1 heterocycles. The summed E-state index contributed by atoms with van der Waals surface area (Å²) in [6.07, 6.45) is 1.21. The first-order chi connectivity index (χ1) is 8.26. The van der Waals surface area contributed by atoms with Crippen LogP contribution >= 0.6 is 15.9 Å². The highest BCUT2D eigenvalue weighted by molar-refractivity contribution is 9.10. The van der Waals surface area contributed by atoms with E-state index < -0.39 is 0 Å². The minimum atomic E-state index is 0.345. The molecule has 2 rings (SSSR count). The molecular weight excluding hydrogens is 280 g/mol. The second kappa shape index (κ2) is 5.85. The fourth-order valence-electron chi connectivity index (χ4n) is 2.55. The van der Waals surface area contributed by atoms with Gasteiger partial charge in [-0.2, -0.15) is 0 Å². The highest BCUT2D eigenvalue weighted by Gasteiger charge is 2.27. The Morgan fingerprint density at radius 1 is 1.53 bits per heavy atom. The zero-order valence-electron chi connectivity index (χ0n) is 10.3. The van der Waals surface area contributed by atoms with Crippen molar-refractivity contribution in [3.05, 3.63) is 28.2 Å². The molecule has 0 bridgehead atoms. The van der Waals surface area contributed by atoms with Gasteiger partial charge in [0.25, 0.3) is 0 Å². The van der Waals surface area contributed by atoms with Gasteiger partial charge in [0.2, 0.25) is 0 Å². The average Bonchev–Trinajstić information content (AvgIpc) is 2.84. The number of rotatable bonds is 4. The van der Waals surface area contributed by atoms with E-state index in [-0.39, 0.29) is 0 Å². The molecule has 1 aliphatic heterocycles. The minimum absolute atomic E-state index is 0.345. The lowest BCUT2D eigenvalue weighted by Gasteiger charge is -2.24. The van der Waals surface area contributed by atoms with E-state index in [1.807, 2.05) is 19.2 Å². The number of hydrogen-bond acceptors (Lipinski definition) is 3. The second-order valence-corrected chi connectivity index (χ2v) is 5.32. The van der Waals surface area contributed by atoms with Gasteiger partial charge in [0, 0.05) is 16.1 Å². The van der Waals surface area contributed by atoms with Crippen LogP contribution in [0.4, 0.5) is 0 Å². The van der Waals surface area contributed by atoms with Crippen LogP contribution in [0.25, 0.3) is 0 Å². The molecule has 3 nitrogen and oxygen atoms in total. The number of halogens is 1. The zero-order chi connectivity index (χ0) is 12.3. The van der Waals surface area contributed by atoms with Crippen molar-refractivity contribution in [2.24, 2.45) is 5.92 Å². The lowest BCUT2D eigenvalue weighted by atomic mass is 9.92. The first-order valence-electron chi connectivity index (χ1n) is 5.97.